The molecule has 4 heteroatoms. The number of rotatable bonds is 7. The highest BCUT2D eigenvalue weighted by molar-refractivity contribution is 5.53. The quantitative estimate of drug-likeness (QED) is 0.822. The van der Waals surface area contributed by atoms with Crippen LogP contribution in [0.1, 0.15) is 30.7 Å². The highest BCUT2D eigenvalue weighted by Gasteiger charge is 2.12. The van der Waals surface area contributed by atoms with E-state index in [2.05, 4.69) is 30.7 Å². The highest BCUT2D eigenvalue weighted by Crippen LogP contribution is 2.19. The second kappa shape index (κ2) is 7.46. The molecule has 0 saturated carbocycles. The van der Waals surface area contributed by atoms with Crippen molar-refractivity contribution in [1.82, 2.24) is 9.88 Å². The zero-order chi connectivity index (χ0) is 14.4. The van der Waals surface area contributed by atoms with Gasteiger partial charge in [0.15, 0.2) is 0 Å². The van der Waals surface area contributed by atoms with Crippen molar-refractivity contribution >= 4 is 5.69 Å². The Bertz CT molecular complexity index is 405. The lowest BCUT2D eigenvalue weighted by Crippen LogP contribution is -2.31. The first-order chi connectivity index (χ1) is 8.95. The number of nitrogens with two attached hydrogens (primary N) is 1. The van der Waals surface area contributed by atoms with Gasteiger partial charge in [0.1, 0.15) is 0 Å². The molecule has 0 aliphatic carbocycles. The van der Waals surface area contributed by atoms with Crippen molar-refractivity contribution in [2.24, 2.45) is 5.92 Å². The molecule has 1 heterocycles. The standard InChI is InChI=1S/C15H27N3O/c1-11(2)9-18(6-7-19-5)10-14-13(4)15(16)12(3)8-17-14/h8,11H,6-7,9-10H2,1-5H3,(H2,16,17). The van der Waals surface area contributed by atoms with Gasteiger partial charge in [-0.1, -0.05) is 13.8 Å². The number of nitrogens with zero attached hydrogens (tertiary/aromatic N) is 2. The maximum atomic E-state index is 6.08. The SMILES string of the molecule is COCCN(Cc1ncc(C)c(N)c1C)CC(C)C. The van der Waals surface area contributed by atoms with Gasteiger partial charge in [0.25, 0.3) is 0 Å². The Morgan fingerprint density at radius 2 is 2.05 bits per heavy atom. The summed E-state index contributed by atoms with van der Waals surface area (Å²) in [7, 11) is 1.74. The molecule has 0 bridgehead atoms. The number of hydrogen-bond donors (Lipinski definition) is 1. The van der Waals surface area contributed by atoms with Crippen molar-refractivity contribution in [1.29, 1.82) is 0 Å². The summed E-state index contributed by atoms with van der Waals surface area (Å²) in [4.78, 5) is 6.90. The zero-order valence-corrected chi connectivity index (χ0v) is 12.9. The van der Waals surface area contributed by atoms with Crippen LogP contribution in [0.4, 0.5) is 5.69 Å². The Labute approximate surface area is 117 Å². The van der Waals surface area contributed by atoms with Crippen LogP contribution in [0.25, 0.3) is 0 Å². The van der Waals surface area contributed by atoms with Crippen molar-refractivity contribution in [3.05, 3.63) is 23.0 Å². The number of pyridine rings is 1. The van der Waals surface area contributed by atoms with Gasteiger partial charge >= 0.3 is 0 Å². The Hall–Kier alpha value is -1.13. The topological polar surface area (TPSA) is 51.4 Å². The van der Waals surface area contributed by atoms with Crippen molar-refractivity contribution < 1.29 is 4.74 Å². The maximum Gasteiger partial charge on any atom is 0.0593 e. The second-order valence-corrected chi connectivity index (χ2v) is 5.55. The van der Waals surface area contributed by atoms with Gasteiger partial charge in [-0.25, -0.2) is 0 Å². The lowest BCUT2D eigenvalue weighted by molar-refractivity contribution is 0.135. The Morgan fingerprint density at radius 3 is 2.63 bits per heavy atom. The summed E-state index contributed by atoms with van der Waals surface area (Å²) in [6, 6.07) is 0. The van der Waals surface area contributed by atoms with E-state index in [4.69, 9.17) is 10.5 Å². The summed E-state index contributed by atoms with van der Waals surface area (Å²) in [6.45, 7) is 12.0. The van der Waals surface area contributed by atoms with Crippen LogP contribution in [-0.4, -0.2) is 36.7 Å². The van der Waals surface area contributed by atoms with Crippen LogP contribution in [0.15, 0.2) is 6.20 Å². The number of nitrogen functional groups attached to an aromatic ring is 1. The first kappa shape index (κ1) is 15.9. The molecule has 0 atom stereocenters. The van der Waals surface area contributed by atoms with Crippen LogP contribution >= 0.6 is 0 Å². The van der Waals surface area contributed by atoms with E-state index in [1.165, 1.54) is 0 Å². The third-order valence-electron chi connectivity index (χ3n) is 3.28. The number of aryl methyl sites for hydroxylation is 1. The van der Waals surface area contributed by atoms with Crippen LogP contribution in [0.3, 0.4) is 0 Å². The van der Waals surface area contributed by atoms with E-state index < -0.39 is 0 Å². The van der Waals surface area contributed by atoms with Crippen LogP contribution in [-0.2, 0) is 11.3 Å². The van der Waals surface area contributed by atoms with E-state index in [-0.39, 0.29) is 0 Å². The summed E-state index contributed by atoms with van der Waals surface area (Å²) in [5.41, 5.74) is 10.2. The van der Waals surface area contributed by atoms with Crippen molar-refractivity contribution in [2.75, 3.05) is 32.5 Å². The highest BCUT2D eigenvalue weighted by atomic mass is 16.5. The van der Waals surface area contributed by atoms with E-state index in [0.717, 1.165) is 48.7 Å². The third-order valence-corrected chi connectivity index (χ3v) is 3.28. The van der Waals surface area contributed by atoms with Gasteiger partial charge in [0.05, 0.1) is 12.3 Å². The normalized spacial score (nSPS) is 11.5. The first-order valence-corrected chi connectivity index (χ1v) is 6.87. The molecule has 0 saturated heterocycles. The molecular formula is C15H27N3O. The summed E-state index contributed by atoms with van der Waals surface area (Å²) in [6.07, 6.45) is 1.86. The van der Waals surface area contributed by atoms with Crippen LogP contribution in [0.5, 0.6) is 0 Å². The van der Waals surface area contributed by atoms with Crippen LogP contribution in [0.2, 0.25) is 0 Å². The van der Waals surface area contributed by atoms with Crippen molar-refractivity contribution in [3.8, 4) is 0 Å². The number of anilines is 1. The molecule has 0 aliphatic rings. The molecular weight excluding hydrogens is 238 g/mol. The largest absolute Gasteiger partial charge is 0.398 e. The van der Waals surface area contributed by atoms with Crippen LogP contribution in [0, 0.1) is 19.8 Å². The second-order valence-electron chi connectivity index (χ2n) is 5.55. The fraction of sp³-hybridized carbons (Fsp3) is 0.667. The number of aromatic nitrogens is 1. The van der Waals surface area contributed by atoms with E-state index in [1.54, 1.807) is 7.11 Å². The Morgan fingerprint density at radius 1 is 1.37 bits per heavy atom. The molecule has 1 aromatic rings. The summed E-state index contributed by atoms with van der Waals surface area (Å²) in [5.74, 6) is 0.625. The molecule has 108 valence electrons. The smallest absolute Gasteiger partial charge is 0.0593 e. The van der Waals surface area contributed by atoms with Gasteiger partial charge in [-0.05, 0) is 30.9 Å². The molecule has 0 aromatic carbocycles. The minimum atomic E-state index is 0.625. The maximum absolute atomic E-state index is 6.08. The molecule has 1 rings (SSSR count). The van der Waals surface area contributed by atoms with Gasteiger partial charge in [0, 0.05) is 38.6 Å². The van der Waals surface area contributed by atoms with E-state index in [0.29, 0.717) is 5.92 Å². The van der Waals surface area contributed by atoms with Gasteiger partial charge in [-0.15, -0.1) is 0 Å². The average Bonchev–Trinajstić information content (AvgIpc) is 2.36. The predicted molar refractivity (Wildman–Crippen MR) is 80.1 cm³/mol. The molecule has 0 radical (unpaired) electrons. The molecule has 2 N–H and O–H groups in total. The molecule has 19 heavy (non-hydrogen) atoms. The first-order valence-electron chi connectivity index (χ1n) is 6.87. The Kier molecular flexibility index (Phi) is 6.25. The van der Waals surface area contributed by atoms with Gasteiger partial charge in [-0.2, -0.15) is 0 Å². The van der Waals surface area contributed by atoms with E-state index >= 15 is 0 Å². The molecule has 0 spiro atoms. The van der Waals surface area contributed by atoms with Crippen molar-refractivity contribution in [2.45, 2.75) is 34.2 Å². The lowest BCUT2D eigenvalue weighted by Gasteiger charge is -2.24. The molecule has 0 unspecified atom stereocenters. The van der Waals surface area contributed by atoms with Crippen molar-refractivity contribution in [3.63, 3.8) is 0 Å². The fourth-order valence-electron chi connectivity index (χ4n) is 2.14. The lowest BCUT2D eigenvalue weighted by atomic mass is 10.1. The molecule has 0 fully saturated rings. The summed E-state index contributed by atoms with van der Waals surface area (Å²) in [5, 5.41) is 0. The zero-order valence-electron chi connectivity index (χ0n) is 12.9. The van der Waals surface area contributed by atoms with E-state index in [9.17, 15) is 0 Å². The van der Waals surface area contributed by atoms with Gasteiger partial charge in [-0.3, -0.25) is 9.88 Å². The number of methoxy groups -OCH3 is 1. The molecule has 0 amide bonds. The van der Waals surface area contributed by atoms with Crippen LogP contribution < -0.4 is 5.73 Å². The average molecular weight is 265 g/mol. The van der Waals surface area contributed by atoms with Gasteiger partial charge < -0.3 is 10.5 Å². The monoisotopic (exact) mass is 265 g/mol. The fourth-order valence-corrected chi connectivity index (χ4v) is 2.14. The minimum absolute atomic E-state index is 0.625. The predicted octanol–water partition coefficient (Wildman–Crippen LogP) is 2.39. The molecule has 4 nitrogen and oxygen atoms in total. The third kappa shape index (κ3) is 4.80. The minimum Gasteiger partial charge on any atom is -0.398 e. The van der Waals surface area contributed by atoms with Gasteiger partial charge in [0.2, 0.25) is 0 Å². The summed E-state index contributed by atoms with van der Waals surface area (Å²) >= 11 is 0. The van der Waals surface area contributed by atoms with E-state index in [1.807, 2.05) is 13.1 Å². The summed E-state index contributed by atoms with van der Waals surface area (Å²) < 4.78 is 5.18. The molecule has 1 aromatic heterocycles. The molecule has 0 aliphatic heterocycles. The number of ether oxygens (including phenoxy) is 1. The Balaban J connectivity index is 2.80. The number of hydrogen-bond acceptors (Lipinski definition) is 4.